The number of halogens is 2. The van der Waals surface area contributed by atoms with Crippen molar-refractivity contribution in [2.24, 2.45) is 0 Å². The van der Waals surface area contributed by atoms with E-state index in [-0.39, 0.29) is 41.8 Å². The second-order valence-corrected chi connectivity index (χ2v) is 9.06. The van der Waals surface area contributed by atoms with Gasteiger partial charge in [-0.3, -0.25) is 4.79 Å². The maximum atomic E-state index is 13.5. The van der Waals surface area contributed by atoms with Gasteiger partial charge in [0.25, 0.3) is 5.91 Å². The summed E-state index contributed by atoms with van der Waals surface area (Å²) in [6, 6.07) is 3.92. The highest BCUT2D eigenvalue weighted by Gasteiger charge is 2.33. The predicted octanol–water partition coefficient (Wildman–Crippen LogP) is 2.73. The van der Waals surface area contributed by atoms with Crippen molar-refractivity contribution in [3.63, 3.8) is 0 Å². The van der Waals surface area contributed by atoms with Gasteiger partial charge in [-0.25, -0.2) is 12.8 Å². The lowest BCUT2D eigenvalue weighted by Crippen LogP contribution is -2.37. The smallest absolute Gasteiger partial charge is 0.255 e. The van der Waals surface area contributed by atoms with E-state index in [0.29, 0.717) is 23.1 Å². The van der Waals surface area contributed by atoms with Crippen LogP contribution in [0.15, 0.2) is 32.1 Å². The molecule has 0 aliphatic carbocycles. The van der Waals surface area contributed by atoms with Crippen LogP contribution < -0.4 is 0 Å². The molecule has 0 N–H and O–H groups in total. The highest BCUT2D eigenvalue weighted by Crippen LogP contribution is 2.25. The zero-order valence-electron chi connectivity index (χ0n) is 14.9. The van der Waals surface area contributed by atoms with Crippen LogP contribution >= 0.6 is 15.9 Å². The van der Waals surface area contributed by atoms with Crippen LogP contribution in [0, 0.1) is 19.7 Å². The maximum Gasteiger partial charge on any atom is 0.255 e. The third-order valence-corrected chi connectivity index (χ3v) is 7.30. The van der Waals surface area contributed by atoms with Crippen LogP contribution in [-0.4, -0.2) is 54.9 Å². The first kappa shape index (κ1) is 20.0. The SMILES string of the molecule is Cc1noc(C)c1S(=O)(=O)N1CCCN(C(=O)c2cc(F)ccc2Br)CC1. The lowest BCUT2D eigenvalue weighted by atomic mass is 10.2. The van der Waals surface area contributed by atoms with Crippen LogP contribution in [0.4, 0.5) is 4.39 Å². The Bertz CT molecular complexity index is 957. The lowest BCUT2D eigenvalue weighted by molar-refractivity contribution is 0.0763. The Morgan fingerprint density at radius 3 is 2.63 bits per heavy atom. The van der Waals surface area contributed by atoms with Crippen molar-refractivity contribution in [3.05, 3.63) is 45.5 Å². The summed E-state index contributed by atoms with van der Waals surface area (Å²) in [6.07, 6.45) is 0.473. The average Bonchev–Trinajstić information content (AvgIpc) is 2.83. The number of nitrogens with zero attached hydrogens (tertiary/aromatic N) is 3. The number of amides is 1. The van der Waals surface area contributed by atoms with Crippen LogP contribution in [0.25, 0.3) is 0 Å². The molecule has 1 aromatic carbocycles. The van der Waals surface area contributed by atoms with Gasteiger partial charge >= 0.3 is 0 Å². The van der Waals surface area contributed by atoms with Gasteiger partial charge in [0.15, 0.2) is 5.76 Å². The van der Waals surface area contributed by atoms with Crippen LogP contribution in [0.3, 0.4) is 0 Å². The van der Waals surface area contributed by atoms with Crippen LogP contribution in [0.5, 0.6) is 0 Å². The van der Waals surface area contributed by atoms with Crippen molar-refractivity contribution in [1.82, 2.24) is 14.4 Å². The van der Waals surface area contributed by atoms with Crippen molar-refractivity contribution in [3.8, 4) is 0 Å². The Morgan fingerprint density at radius 1 is 1.22 bits per heavy atom. The van der Waals surface area contributed by atoms with Crippen molar-refractivity contribution in [2.75, 3.05) is 26.2 Å². The molecule has 0 unspecified atom stereocenters. The third-order valence-electron chi connectivity index (χ3n) is 4.47. The van der Waals surface area contributed by atoms with E-state index < -0.39 is 15.8 Å². The number of sulfonamides is 1. The Kier molecular flexibility index (Phi) is 5.68. The summed E-state index contributed by atoms with van der Waals surface area (Å²) in [4.78, 5) is 14.4. The Morgan fingerprint density at radius 2 is 1.96 bits per heavy atom. The van der Waals surface area contributed by atoms with Crippen LogP contribution in [-0.2, 0) is 10.0 Å². The van der Waals surface area contributed by atoms with E-state index in [2.05, 4.69) is 21.1 Å². The Labute approximate surface area is 165 Å². The van der Waals surface area contributed by atoms with Gasteiger partial charge in [0.2, 0.25) is 10.0 Å². The summed E-state index contributed by atoms with van der Waals surface area (Å²) in [7, 11) is -3.76. The molecular formula is C17H19BrFN3O4S. The molecule has 7 nitrogen and oxygen atoms in total. The second kappa shape index (κ2) is 7.69. The molecule has 146 valence electrons. The molecule has 2 heterocycles. The van der Waals surface area contributed by atoms with E-state index in [1.165, 1.54) is 22.5 Å². The monoisotopic (exact) mass is 459 g/mol. The van der Waals surface area contributed by atoms with E-state index in [9.17, 15) is 17.6 Å². The van der Waals surface area contributed by atoms with Gasteiger partial charge in [-0.15, -0.1) is 0 Å². The van der Waals surface area contributed by atoms with E-state index >= 15 is 0 Å². The first-order chi connectivity index (χ1) is 12.7. The van der Waals surface area contributed by atoms with Gasteiger partial charge in [0.1, 0.15) is 16.4 Å². The van der Waals surface area contributed by atoms with Crippen molar-refractivity contribution in [2.45, 2.75) is 25.2 Å². The summed E-state index contributed by atoms with van der Waals surface area (Å²) in [5, 5.41) is 3.72. The number of benzene rings is 1. The molecule has 1 aromatic heterocycles. The molecule has 0 saturated carbocycles. The molecule has 0 bridgehead atoms. The third kappa shape index (κ3) is 3.92. The van der Waals surface area contributed by atoms with Gasteiger partial charge < -0.3 is 9.42 Å². The summed E-state index contributed by atoms with van der Waals surface area (Å²) >= 11 is 3.27. The molecular weight excluding hydrogens is 441 g/mol. The van der Waals surface area contributed by atoms with E-state index in [1.807, 2.05) is 0 Å². The van der Waals surface area contributed by atoms with Gasteiger partial charge in [-0.05, 0) is 54.4 Å². The van der Waals surface area contributed by atoms with Crippen LogP contribution in [0.2, 0.25) is 0 Å². The average molecular weight is 460 g/mol. The largest absolute Gasteiger partial charge is 0.360 e. The summed E-state index contributed by atoms with van der Waals surface area (Å²) in [5.74, 6) is -0.592. The molecule has 1 aliphatic heterocycles. The maximum absolute atomic E-state index is 13.5. The van der Waals surface area contributed by atoms with Gasteiger partial charge in [-0.2, -0.15) is 4.31 Å². The Balaban J connectivity index is 1.80. The molecule has 3 rings (SSSR count). The molecule has 0 spiro atoms. The second-order valence-electron chi connectivity index (χ2n) is 6.33. The first-order valence-corrected chi connectivity index (χ1v) is 10.6. The minimum atomic E-state index is -3.76. The summed E-state index contributed by atoms with van der Waals surface area (Å²) < 4.78 is 46.2. The fourth-order valence-electron chi connectivity index (χ4n) is 3.14. The van der Waals surface area contributed by atoms with E-state index in [1.54, 1.807) is 18.7 Å². The standard InChI is InChI=1S/C17H19BrFN3O4S/c1-11-16(12(2)26-20-11)27(24,25)22-7-3-6-21(8-9-22)17(23)14-10-13(19)4-5-15(14)18/h4-5,10H,3,6-9H2,1-2H3. The number of hydrogen-bond acceptors (Lipinski definition) is 5. The molecule has 1 fully saturated rings. The number of carbonyl (C=O) groups is 1. The van der Waals surface area contributed by atoms with Crippen molar-refractivity contribution < 1.29 is 22.1 Å². The van der Waals surface area contributed by atoms with Crippen molar-refractivity contribution >= 4 is 31.9 Å². The minimum absolute atomic E-state index is 0.0788. The van der Waals surface area contributed by atoms with Crippen LogP contribution in [0.1, 0.15) is 28.2 Å². The molecule has 27 heavy (non-hydrogen) atoms. The lowest BCUT2D eigenvalue weighted by Gasteiger charge is -2.22. The number of aryl methyl sites for hydroxylation is 2. The molecule has 0 radical (unpaired) electrons. The molecule has 1 amide bonds. The summed E-state index contributed by atoms with van der Waals surface area (Å²) in [5.41, 5.74) is 0.533. The highest BCUT2D eigenvalue weighted by atomic mass is 79.9. The summed E-state index contributed by atoms with van der Waals surface area (Å²) in [6.45, 7) is 4.16. The fraction of sp³-hybridized carbons (Fsp3) is 0.412. The first-order valence-electron chi connectivity index (χ1n) is 8.39. The van der Waals surface area contributed by atoms with Gasteiger partial charge in [-0.1, -0.05) is 5.16 Å². The number of hydrogen-bond donors (Lipinski definition) is 0. The van der Waals surface area contributed by atoms with Crippen molar-refractivity contribution in [1.29, 1.82) is 0 Å². The zero-order chi connectivity index (χ0) is 19.8. The number of aromatic nitrogens is 1. The molecule has 10 heteroatoms. The predicted molar refractivity (Wildman–Crippen MR) is 99.4 cm³/mol. The quantitative estimate of drug-likeness (QED) is 0.704. The number of rotatable bonds is 3. The van der Waals surface area contributed by atoms with E-state index in [0.717, 1.165) is 0 Å². The van der Waals surface area contributed by atoms with E-state index in [4.69, 9.17) is 4.52 Å². The van der Waals surface area contributed by atoms with Gasteiger partial charge in [0, 0.05) is 30.7 Å². The minimum Gasteiger partial charge on any atom is -0.360 e. The molecule has 2 aromatic rings. The molecule has 1 saturated heterocycles. The fourth-order valence-corrected chi connectivity index (χ4v) is 5.32. The van der Waals surface area contributed by atoms with Gasteiger partial charge in [0.05, 0.1) is 5.56 Å². The molecule has 0 atom stereocenters. The normalized spacial score (nSPS) is 16.4. The zero-order valence-corrected chi connectivity index (χ0v) is 17.3. The highest BCUT2D eigenvalue weighted by molar-refractivity contribution is 9.10. The topological polar surface area (TPSA) is 83.7 Å². The Hall–Kier alpha value is -1.78. The molecule has 1 aliphatic rings. The number of carbonyl (C=O) groups excluding carboxylic acids is 1.